The summed E-state index contributed by atoms with van der Waals surface area (Å²) in [6.07, 6.45) is 5.18. The number of carbonyl (C=O) groups excluding carboxylic acids is 1. The summed E-state index contributed by atoms with van der Waals surface area (Å²) in [5.74, 6) is -1.23. The van der Waals surface area contributed by atoms with Crippen LogP contribution in [-0.4, -0.2) is 11.9 Å². The SMILES string of the molecule is O=C1CC(Oc2ccc(F)c(F)c2)C12CCCCC2. The minimum Gasteiger partial charge on any atom is -0.489 e. The van der Waals surface area contributed by atoms with Crippen molar-refractivity contribution in [2.45, 2.75) is 44.6 Å². The lowest BCUT2D eigenvalue weighted by atomic mass is 9.57. The van der Waals surface area contributed by atoms with Gasteiger partial charge in [-0.15, -0.1) is 0 Å². The summed E-state index contributed by atoms with van der Waals surface area (Å²) in [7, 11) is 0. The highest BCUT2D eigenvalue weighted by Gasteiger charge is 2.56. The van der Waals surface area contributed by atoms with Crippen LogP contribution < -0.4 is 4.74 Å². The number of carbonyl (C=O) groups is 1. The predicted octanol–water partition coefficient (Wildman–Crippen LogP) is 3.64. The first-order valence-electron chi connectivity index (χ1n) is 6.77. The lowest BCUT2D eigenvalue weighted by molar-refractivity contribution is -0.156. The molecule has 4 heteroatoms. The topological polar surface area (TPSA) is 26.3 Å². The number of benzene rings is 1. The third-order valence-corrected chi connectivity index (χ3v) is 4.46. The second-order valence-corrected chi connectivity index (χ2v) is 5.53. The first-order chi connectivity index (χ1) is 9.12. The van der Waals surface area contributed by atoms with Gasteiger partial charge in [0.15, 0.2) is 11.6 Å². The van der Waals surface area contributed by atoms with E-state index in [1.807, 2.05) is 0 Å². The third-order valence-electron chi connectivity index (χ3n) is 4.46. The normalized spacial score (nSPS) is 25.2. The third kappa shape index (κ3) is 2.03. The summed E-state index contributed by atoms with van der Waals surface area (Å²) >= 11 is 0. The Morgan fingerprint density at radius 3 is 2.47 bits per heavy atom. The smallest absolute Gasteiger partial charge is 0.162 e. The minimum atomic E-state index is -0.916. The zero-order valence-electron chi connectivity index (χ0n) is 10.6. The molecular formula is C15H16F2O2. The van der Waals surface area contributed by atoms with Gasteiger partial charge in [0.2, 0.25) is 0 Å². The van der Waals surface area contributed by atoms with E-state index < -0.39 is 11.6 Å². The van der Waals surface area contributed by atoms with Gasteiger partial charge in [-0.1, -0.05) is 19.3 Å². The molecule has 1 aromatic rings. The lowest BCUT2D eigenvalue weighted by Crippen LogP contribution is -2.57. The van der Waals surface area contributed by atoms with Crippen LogP contribution in [0.4, 0.5) is 8.78 Å². The number of Topliss-reactive ketones (excluding diaryl/α,β-unsaturated/α-hetero) is 1. The number of ether oxygens (including phenoxy) is 1. The second-order valence-electron chi connectivity index (χ2n) is 5.53. The van der Waals surface area contributed by atoms with Crippen LogP contribution in [0.25, 0.3) is 0 Å². The molecule has 2 saturated carbocycles. The molecule has 0 amide bonds. The van der Waals surface area contributed by atoms with Crippen molar-refractivity contribution < 1.29 is 18.3 Å². The van der Waals surface area contributed by atoms with Gasteiger partial charge < -0.3 is 4.74 Å². The van der Waals surface area contributed by atoms with E-state index >= 15 is 0 Å². The Bertz CT molecular complexity index is 507. The Hall–Kier alpha value is -1.45. The van der Waals surface area contributed by atoms with Crippen LogP contribution in [0.15, 0.2) is 18.2 Å². The predicted molar refractivity (Wildman–Crippen MR) is 65.9 cm³/mol. The maximum Gasteiger partial charge on any atom is 0.162 e. The molecule has 2 aliphatic rings. The molecule has 2 nitrogen and oxygen atoms in total. The number of rotatable bonds is 2. The fraction of sp³-hybridized carbons (Fsp3) is 0.533. The van der Waals surface area contributed by atoms with E-state index in [-0.39, 0.29) is 17.3 Å². The van der Waals surface area contributed by atoms with Crippen molar-refractivity contribution >= 4 is 5.78 Å². The van der Waals surface area contributed by atoms with Crippen LogP contribution in [0.3, 0.4) is 0 Å². The maximum absolute atomic E-state index is 13.1. The van der Waals surface area contributed by atoms with Gasteiger partial charge in [-0.3, -0.25) is 4.79 Å². The van der Waals surface area contributed by atoms with Crippen molar-refractivity contribution in [1.29, 1.82) is 0 Å². The van der Waals surface area contributed by atoms with Gasteiger partial charge in [-0.25, -0.2) is 8.78 Å². The van der Waals surface area contributed by atoms with Gasteiger partial charge in [0.05, 0.1) is 5.41 Å². The van der Waals surface area contributed by atoms with Crippen molar-refractivity contribution in [2.24, 2.45) is 5.41 Å². The highest BCUT2D eigenvalue weighted by Crippen LogP contribution is 2.50. The van der Waals surface area contributed by atoms with E-state index in [9.17, 15) is 13.6 Å². The Labute approximate surface area is 110 Å². The van der Waals surface area contributed by atoms with Crippen LogP contribution in [0.1, 0.15) is 38.5 Å². The lowest BCUT2D eigenvalue weighted by Gasteiger charge is -2.49. The molecule has 0 aliphatic heterocycles. The monoisotopic (exact) mass is 266 g/mol. The van der Waals surface area contributed by atoms with E-state index in [2.05, 4.69) is 0 Å². The van der Waals surface area contributed by atoms with Crippen molar-refractivity contribution in [2.75, 3.05) is 0 Å². The Kier molecular flexibility index (Phi) is 3.03. The van der Waals surface area contributed by atoms with E-state index in [4.69, 9.17) is 4.74 Å². The van der Waals surface area contributed by atoms with Crippen LogP contribution in [-0.2, 0) is 4.79 Å². The van der Waals surface area contributed by atoms with Gasteiger partial charge in [0.1, 0.15) is 17.6 Å². The standard InChI is InChI=1S/C15H16F2O2/c16-11-5-4-10(8-12(11)17)19-14-9-13(18)15(14)6-2-1-3-7-15/h4-5,8,14H,1-3,6-7,9H2. The fourth-order valence-electron chi connectivity index (χ4n) is 3.27. The van der Waals surface area contributed by atoms with Gasteiger partial charge >= 0.3 is 0 Å². The average Bonchev–Trinajstić information content (AvgIpc) is 2.43. The number of hydrogen-bond acceptors (Lipinski definition) is 2. The number of hydrogen-bond donors (Lipinski definition) is 0. The maximum atomic E-state index is 13.1. The average molecular weight is 266 g/mol. The van der Waals surface area contributed by atoms with Crippen LogP contribution >= 0.6 is 0 Å². The van der Waals surface area contributed by atoms with Gasteiger partial charge in [-0.2, -0.15) is 0 Å². The van der Waals surface area contributed by atoms with Crippen molar-refractivity contribution in [3.63, 3.8) is 0 Å². The number of ketones is 1. The Morgan fingerprint density at radius 1 is 1.11 bits per heavy atom. The van der Waals surface area contributed by atoms with E-state index in [1.54, 1.807) is 0 Å². The quantitative estimate of drug-likeness (QED) is 0.817. The molecule has 3 rings (SSSR count). The zero-order valence-corrected chi connectivity index (χ0v) is 10.6. The van der Waals surface area contributed by atoms with Gasteiger partial charge in [0, 0.05) is 12.5 Å². The molecule has 19 heavy (non-hydrogen) atoms. The minimum absolute atomic E-state index is 0.176. The molecule has 1 unspecified atom stereocenters. The Balaban J connectivity index is 1.76. The number of halogens is 2. The molecule has 2 aliphatic carbocycles. The van der Waals surface area contributed by atoms with E-state index in [1.165, 1.54) is 6.07 Å². The highest BCUT2D eigenvalue weighted by atomic mass is 19.2. The van der Waals surface area contributed by atoms with Crippen molar-refractivity contribution in [3.8, 4) is 5.75 Å². The zero-order chi connectivity index (χ0) is 13.5. The van der Waals surface area contributed by atoms with E-state index in [0.29, 0.717) is 12.2 Å². The largest absolute Gasteiger partial charge is 0.489 e. The van der Waals surface area contributed by atoms with Crippen molar-refractivity contribution in [1.82, 2.24) is 0 Å². The van der Waals surface area contributed by atoms with Crippen LogP contribution in [0, 0.1) is 17.0 Å². The molecule has 0 saturated heterocycles. The first-order valence-corrected chi connectivity index (χ1v) is 6.77. The summed E-state index contributed by atoms with van der Waals surface area (Å²) in [6, 6.07) is 3.52. The van der Waals surface area contributed by atoms with Crippen LogP contribution in [0.2, 0.25) is 0 Å². The molecule has 0 heterocycles. The molecule has 102 valence electrons. The van der Waals surface area contributed by atoms with Crippen LogP contribution in [0.5, 0.6) is 5.75 Å². The summed E-state index contributed by atoms with van der Waals surface area (Å²) < 4.78 is 31.7. The second kappa shape index (κ2) is 4.58. The molecule has 0 N–H and O–H groups in total. The molecule has 0 bridgehead atoms. The fourth-order valence-corrected chi connectivity index (χ4v) is 3.27. The molecule has 0 radical (unpaired) electrons. The molecular weight excluding hydrogens is 250 g/mol. The molecule has 0 aromatic heterocycles. The molecule has 1 spiro atoms. The van der Waals surface area contributed by atoms with Crippen molar-refractivity contribution in [3.05, 3.63) is 29.8 Å². The Morgan fingerprint density at radius 2 is 1.84 bits per heavy atom. The summed E-state index contributed by atoms with van der Waals surface area (Å²) in [4.78, 5) is 11.9. The molecule has 2 fully saturated rings. The summed E-state index contributed by atoms with van der Waals surface area (Å²) in [5, 5.41) is 0. The highest BCUT2D eigenvalue weighted by molar-refractivity contribution is 5.92. The summed E-state index contributed by atoms with van der Waals surface area (Å²) in [5.41, 5.74) is -0.358. The summed E-state index contributed by atoms with van der Waals surface area (Å²) in [6.45, 7) is 0. The molecule has 1 aromatic carbocycles. The van der Waals surface area contributed by atoms with Gasteiger partial charge in [0.25, 0.3) is 0 Å². The first kappa shape index (κ1) is 12.6. The van der Waals surface area contributed by atoms with E-state index in [0.717, 1.165) is 44.2 Å². The molecule has 1 atom stereocenters. The van der Waals surface area contributed by atoms with Gasteiger partial charge in [-0.05, 0) is 25.0 Å².